The molecule has 4 N–H and O–H groups in total. The molecular formula is C18H23FN6OS. The van der Waals surface area contributed by atoms with Crippen LogP contribution >= 0.6 is 11.8 Å². The van der Waals surface area contributed by atoms with Gasteiger partial charge in [0, 0.05) is 38.1 Å². The number of hydrogen-bond donors (Lipinski definition) is 3. The molecule has 144 valence electrons. The van der Waals surface area contributed by atoms with Gasteiger partial charge in [-0.1, -0.05) is 23.9 Å². The third kappa shape index (κ3) is 5.62. The number of nitrogen functional groups attached to an aromatic ring is 1. The fraction of sp³-hybridized carbons (Fsp3) is 0.389. The Hall–Kier alpha value is -2.23. The maximum Gasteiger partial charge on any atom is 0.191 e. The van der Waals surface area contributed by atoms with Crippen LogP contribution in [0, 0.1) is 11.2 Å². The van der Waals surface area contributed by atoms with Gasteiger partial charge in [0.15, 0.2) is 5.16 Å². The van der Waals surface area contributed by atoms with Crippen molar-refractivity contribution in [1.82, 2.24) is 14.9 Å². The van der Waals surface area contributed by atoms with E-state index in [1.165, 1.54) is 23.9 Å². The number of anilines is 2. The molecule has 1 aromatic carbocycles. The van der Waals surface area contributed by atoms with E-state index in [1.807, 2.05) is 0 Å². The Morgan fingerprint density at radius 3 is 2.70 bits per heavy atom. The predicted octanol–water partition coefficient (Wildman–Crippen LogP) is 2.23. The highest BCUT2D eigenvalue weighted by molar-refractivity contribution is 7.99. The first kappa shape index (κ1) is 19.5. The number of benzene rings is 1. The maximum atomic E-state index is 13.0. The molecule has 1 fully saturated rings. The number of halogens is 1. The second-order valence-corrected chi connectivity index (χ2v) is 7.14. The summed E-state index contributed by atoms with van der Waals surface area (Å²) in [4.78, 5) is 11.2. The first-order valence-electron chi connectivity index (χ1n) is 8.75. The van der Waals surface area contributed by atoms with Gasteiger partial charge < -0.3 is 21.2 Å². The molecule has 1 aliphatic heterocycles. The molecule has 0 atom stereocenters. The van der Waals surface area contributed by atoms with Gasteiger partial charge in [-0.25, -0.2) is 14.4 Å². The number of aromatic nitrogens is 2. The Kier molecular flexibility index (Phi) is 6.97. The second kappa shape index (κ2) is 9.63. The number of hydrogen-bond acceptors (Lipinski definition) is 8. The molecule has 0 radical (unpaired) electrons. The lowest BCUT2D eigenvalue weighted by atomic mass is 10.2. The third-order valence-electron chi connectivity index (χ3n) is 4.21. The molecule has 0 saturated carbocycles. The zero-order valence-electron chi connectivity index (χ0n) is 14.9. The standard InChI is InChI=1S/C18H23FN6OS/c19-14-3-1-13(2-4-14)12-22-17-15(11-20)16(21)23-18(24-17)27-10-7-25-5-8-26-9-6-25/h1-4,11,20H,5-10,12H2,(H3,21,22,23,24). The van der Waals surface area contributed by atoms with Gasteiger partial charge in [0.05, 0.1) is 18.8 Å². The summed E-state index contributed by atoms with van der Waals surface area (Å²) < 4.78 is 18.4. The van der Waals surface area contributed by atoms with E-state index in [0.29, 0.717) is 23.1 Å². The number of rotatable bonds is 8. The van der Waals surface area contributed by atoms with Crippen molar-refractivity contribution >= 4 is 29.6 Å². The Morgan fingerprint density at radius 2 is 2.00 bits per heavy atom. The highest BCUT2D eigenvalue weighted by Gasteiger charge is 2.13. The van der Waals surface area contributed by atoms with Crippen molar-refractivity contribution in [2.75, 3.05) is 49.7 Å². The molecule has 1 saturated heterocycles. The van der Waals surface area contributed by atoms with Crippen LogP contribution in [0.25, 0.3) is 0 Å². The van der Waals surface area contributed by atoms with Crippen LogP contribution < -0.4 is 11.1 Å². The van der Waals surface area contributed by atoms with Crippen LogP contribution in [0.5, 0.6) is 0 Å². The molecule has 2 aromatic rings. The first-order valence-corrected chi connectivity index (χ1v) is 9.73. The van der Waals surface area contributed by atoms with Gasteiger partial charge in [0.1, 0.15) is 17.5 Å². The van der Waals surface area contributed by atoms with Gasteiger partial charge in [-0.2, -0.15) is 0 Å². The normalized spacial score (nSPS) is 14.9. The average molecular weight is 390 g/mol. The zero-order valence-corrected chi connectivity index (χ0v) is 15.8. The fourth-order valence-electron chi connectivity index (χ4n) is 2.69. The molecule has 0 spiro atoms. The summed E-state index contributed by atoms with van der Waals surface area (Å²) in [5.74, 6) is 1.36. The smallest absolute Gasteiger partial charge is 0.191 e. The van der Waals surface area contributed by atoms with E-state index in [0.717, 1.165) is 50.4 Å². The van der Waals surface area contributed by atoms with E-state index in [-0.39, 0.29) is 11.6 Å². The summed E-state index contributed by atoms with van der Waals surface area (Å²) in [6.45, 7) is 4.83. The van der Waals surface area contributed by atoms with Crippen molar-refractivity contribution in [2.24, 2.45) is 0 Å². The van der Waals surface area contributed by atoms with Crippen LogP contribution in [0.4, 0.5) is 16.0 Å². The summed E-state index contributed by atoms with van der Waals surface area (Å²) in [6.07, 6.45) is 1.14. The lowest BCUT2D eigenvalue weighted by Gasteiger charge is -2.26. The number of thioether (sulfide) groups is 1. The minimum atomic E-state index is -0.274. The van der Waals surface area contributed by atoms with E-state index in [4.69, 9.17) is 15.9 Å². The highest BCUT2D eigenvalue weighted by Crippen LogP contribution is 2.23. The molecule has 7 nitrogen and oxygen atoms in total. The van der Waals surface area contributed by atoms with Crippen LogP contribution in [0.2, 0.25) is 0 Å². The largest absolute Gasteiger partial charge is 0.383 e. The Balaban J connectivity index is 1.63. The number of morpholine rings is 1. The molecular weight excluding hydrogens is 367 g/mol. The highest BCUT2D eigenvalue weighted by atomic mass is 32.2. The molecule has 1 aromatic heterocycles. The molecule has 2 heterocycles. The number of nitrogens with two attached hydrogens (primary N) is 1. The third-order valence-corrected chi connectivity index (χ3v) is 5.04. The average Bonchev–Trinajstić information content (AvgIpc) is 2.68. The summed E-state index contributed by atoms with van der Waals surface area (Å²) in [5.41, 5.74) is 7.37. The summed E-state index contributed by atoms with van der Waals surface area (Å²) in [7, 11) is 0. The summed E-state index contributed by atoms with van der Waals surface area (Å²) >= 11 is 1.54. The predicted molar refractivity (Wildman–Crippen MR) is 106 cm³/mol. The van der Waals surface area contributed by atoms with Gasteiger partial charge in [0.25, 0.3) is 0 Å². The van der Waals surface area contributed by atoms with Crippen molar-refractivity contribution in [1.29, 1.82) is 5.41 Å². The van der Waals surface area contributed by atoms with E-state index in [1.54, 1.807) is 12.1 Å². The van der Waals surface area contributed by atoms with Gasteiger partial charge in [-0.15, -0.1) is 0 Å². The maximum absolute atomic E-state index is 13.0. The van der Waals surface area contributed by atoms with Crippen molar-refractivity contribution in [3.05, 3.63) is 41.2 Å². The van der Waals surface area contributed by atoms with Gasteiger partial charge >= 0.3 is 0 Å². The summed E-state index contributed by atoms with van der Waals surface area (Å²) in [6, 6.07) is 6.23. The second-order valence-electron chi connectivity index (χ2n) is 6.08. The van der Waals surface area contributed by atoms with Crippen LogP contribution in [0.15, 0.2) is 29.4 Å². The van der Waals surface area contributed by atoms with Crippen LogP contribution in [-0.2, 0) is 11.3 Å². The van der Waals surface area contributed by atoms with Crippen molar-refractivity contribution < 1.29 is 9.13 Å². The molecule has 0 aliphatic carbocycles. The van der Waals surface area contributed by atoms with E-state index in [9.17, 15) is 4.39 Å². The Bertz CT molecular complexity index is 767. The van der Waals surface area contributed by atoms with Crippen molar-refractivity contribution in [3.8, 4) is 0 Å². The number of ether oxygens (including phenoxy) is 1. The SMILES string of the molecule is N=Cc1c(N)nc(SCCN2CCOCC2)nc1NCc1ccc(F)cc1. The topological polar surface area (TPSA) is 100 Å². The monoisotopic (exact) mass is 390 g/mol. The van der Waals surface area contributed by atoms with Crippen molar-refractivity contribution in [3.63, 3.8) is 0 Å². The number of nitrogens with one attached hydrogen (secondary N) is 2. The van der Waals surface area contributed by atoms with Gasteiger partial charge in [-0.3, -0.25) is 4.90 Å². The Labute approximate surface area is 162 Å². The van der Waals surface area contributed by atoms with Crippen molar-refractivity contribution in [2.45, 2.75) is 11.7 Å². The molecule has 0 unspecified atom stereocenters. The molecule has 0 bridgehead atoms. The Morgan fingerprint density at radius 1 is 1.26 bits per heavy atom. The first-order chi connectivity index (χ1) is 13.2. The van der Waals surface area contributed by atoms with E-state index >= 15 is 0 Å². The lowest BCUT2D eigenvalue weighted by Crippen LogP contribution is -2.37. The molecule has 0 amide bonds. The van der Waals surface area contributed by atoms with Gasteiger partial charge in [-0.05, 0) is 17.7 Å². The molecule has 3 rings (SSSR count). The minimum absolute atomic E-state index is 0.274. The van der Waals surface area contributed by atoms with Crippen LogP contribution in [0.3, 0.4) is 0 Å². The van der Waals surface area contributed by atoms with Gasteiger partial charge in [0.2, 0.25) is 0 Å². The molecule has 27 heavy (non-hydrogen) atoms. The zero-order chi connectivity index (χ0) is 19.1. The fourth-order valence-corrected chi connectivity index (χ4v) is 3.54. The van der Waals surface area contributed by atoms with Crippen LogP contribution in [0.1, 0.15) is 11.1 Å². The van der Waals surface area contributed by atoms with E-state index in [2.05, 4.69) is 20.2 Å². The van der Waals surface area contributed by atoms with Crippen LogP contribution in [-0.4, -0.2) is 59.7 Å². The molecule has 9 heteroatoms. The quantitative estimate of drug-likeness (QED) is 0.361. The lowest BCUT2D eigenvalue weighted by molar-refractivity contribution is 0.0410. The number of nitrogens with zero attached hydrogens (tertiary/aromatic N) is 3. The van der Waals surface area contributed by atoms with E-state index < -0.39 is 0 Å². The minimum Gasteiger partial charge on any atom is -0.383 e. The molecule has 1 aliphatic rings. The summed E-state index contributed by atoms with van der Waals surface area (Å²) in [5, 5.41) is 11.3.